The number of hydrogen-bond donors (Lipinski definition) is 1. The maximum Gasteiger partial charge on any atom is 0.195 e. The molecule has 2 aromatic rings. The van der Waals surface area contributed by atoms with Gasteiger partial charge in [0.05, 0.1) is 18.8 Å². The van der Waals surface area contributed by atoms with Crippen LogP contribution in [0.25, 0.3) is 5.69 Å². The molecule has 1 aliphatic rings. The lowest BCUT2D eigenvalue weighted by Gasteiger charge is -2.12. The van der Waals surface area contributed by atoms with E-state index in [0.717, 1.165) is 42.1 Å². The number of aromatic nitrogens is 3. The van der Waals surface area contributed by atoms with Crippen LogP contribution in [0.1, 0.15) is 17.8 Å². The first kappa shape index (κ1) is 14.6. The molecule has 1 aromatic heterocycles. The Hall–Kier alpha value is -1.37. The van der Waals surface area contributed by atoms with Gasteiger partial charge in [-0.25, -0.2) is 0 Å². The Labute approximate surface area is 128 Å². The molecule has 5 nitrogen and oxygen atoms in total. The van der Waals surface area contributed by atoms with Gasteiger partial charge in [0.15, 0.2) is 11.0 Å². The van der Waals surface area contributed by atoms with E-state index in [1.807, 2.05) is 12.1 Å². The topological polar surface area (TPSA) is 66.0 Å². The molecule has 0 saturated carbocycles. The SMILES string of the molecule is Cc1ccccc1-n1c(CN)nnc1SCC1CCOC1. The van der Waals surface area contributed by atoms with Gasteiger partial charge in [-0.15, -0.1) is 10.2 Å². The van der Waals surface area contributed by atoms with Crippen molar-refractivity contribution in [3.63, 3.8) is 0 Å². The van der Waals surface area contributed by atoms with Gasteiger partial charge in [0.25, 0.3) is 0 Å². The predicted molar refractivity (Wildman–Crippen MR) is 83.6 cm³/mol. The first-order valence-corrected chi connectivity index (χ1v) is 8.19. The van der Waals surface area contributed by atoms with E-state index in [0.29, 0.717) is 12.5 Å². The van der Waals surface area contributed by atoms with Crippen molar-refractivity contribution in [2.75, 3.05) is 19.0 Å². The van der Waals surface area contributed by atoms with Gasteiger partial charge in [0.2, 0.25) is 0 Å². The molecule has 1 unspecified atom stereocenters. The summed E-state index contributed by atoms with van der Waals surface area (Å²) in [7, 11) is 0. The van der Waals surface area contributed by atoms with Gasteiger partial charge in [0.1, 0.15) is 0 Å². The Morgan fingerprint density at radius 1 is 1.38 bits per heavy atom. The number of benzene rings is 1. The van der Waals surface area contributed by atoms with Crippen LogP contribution in [0.3, 0.4) is 0 Å². The normalized spacial score (nSPS) is 18.3. The fourth-order valence-corrected chi connectivity index (χ4v) is 3.57. The molecular formula is C15H20N4OS. The van der Waals surface area contributed by atoms with Crippen LogP contribution < -0.4 is 5.73 Å². The molecule has 1 aliphatic heterocycles. The standard InChI is InChI=1S/C15H20N4OS/c1-11-4-2-3-5-13(11)19-14(8-16)17-18-15(19)21-10-12-6-7-20-9-12/h2-5,12H,6-10,16H2,1H3. The lowest BCUT2D eigenvalue weighted by atomic mass is 10.2. The summed E-state index contributed by atoms with van der Waals surface area (Å²) < 4.78 is 7.51. The van der Waals surface area contributed by atoms with Crippen molar-refractivity contribution >= 4 is 11.8 Å². The minimum atomic E-state index is 0.383. The molecule has 1 aromatic carbocycles. The monoisotopic (exact) mass is 304 g/mol. The summed E-state index contributed by atoms with van der Waals surface area (Å²) in [4.78, 5) is 0. The third kappa shape index (κ3) is 3.12. The zero-order valence-electron chi connectivity index (χ0n) is 12.2. The van der Waals surface area contributed by atoms with Crippen molar-refractivity contribution in [1.82, 2.24) is 14.8 Å². The van der Waals surface area contributed by atoms with E-state index >= 15 is 0 Å². The molecule has 1 saturated heterocycles. The average molecular weight is 304 g/mol. The third-order valence-electron chi connectivity index (χ3n) is 3.71. The minimum absolute atomic E-state index is 0.383. The molecule has 0 radical (unpaired) electrons. The first-order valence-electron chi connectivity index (χ1n) is 7.20. The second-order valence-corrected chi connectivity index (χ2v) is 6.25. The minimum Gasteiger partial charge on any atom is -0.381 e. The molecule has 3 rings (SSSR count). The van der Waals surface area contributed by atoms with Crippen molar-refractivity contribution in [3.05, 3.63) is 35.7 Å². The van der Waals surface area contributed by atoms with Crippen LogP contribution in [0.2, 0.25) is 0 Å². The van der Waals surface area contributed by atoms with E-state index in [1.165, 1.54) is 5.56 Å². The van der Waals surface area contributed by atoms with Crippen molar-refractivity contribution in [3.8, 4) is 5.69 Å². The van der Waals surface area contributed by atoms with Gasteiger partial charge < -0.3 is 10.5 Å². The Bertz CT molecular complexity index is 607. The van der Waals surface area contributed by atoms with Crippen LogP contribution in [0.5, 0.6) is 0 Å². The van der Waals surface area contributed by atoms with E-state index in [-0.39, 0.29) is 0 Å². The highest BCUT2D eigenvalue weighted by atomic mass is 32.2. The van der Waals surface area contributed by atoms with Crippen molar-refractivity contribution in [1.29, 1.82) is 0 Å². The van der Waals surface area contributed by atoms with Gasteiger partial charge in [-0.2, -0.15) is 0 Å². The van der Waals surface area contributed by atoms with E-state index in [2.05, 4.69) is 33.8 Å². The number of thioether (sulfide) groups is 1. The fourth-order valence-electron chi connectivity index (χ4n) is 2.49. The number of nitrogens with zero attached hydrogens (tertiary/aromatic N) is 3. The third-order valence-corrected chi connectivity index (χ3v) is 4.87. The van der Waals surface area contributed by atoms with Crippen molar-refractivity contribution in [2.45, 2.75) is 25.0 Å². The lowest BCUT2D eigenvalue weighted by molar-refractivity contribution is 0.189. The Kier molecular flexibility index (Phi) is 4.57. The highest BCUT2D eigenvalue weighted by Gasteiger charge is 2.19. The molecule has 112 valence electrons. The molecule has 2 heterocycles. The van der Waals surface area contributed by atoms with Crippen LogP contribution >= 0.6 is 11.8 Å². The van der Waals surface area contributed by atoms with Crippen LogP contribution in [0.15, 0.2) is 29.4 Å². The molecule has 0 aliphatic carbocycles. The van der Waals surface area contributed by atoms with Crippen LogP contribution in [-0.2, 0) is 11.3 Å². The number of rotatable bonds is 5. The molecule has 0 bridgehead atoms. The summed E-state index contributed by atoms with van der Waals surface area (Å²) in [6, 6.07) is 8.24. The molecule has 0 spiro atoms. The lowest BCUT2D eigenvalue weighted by Crippen LogP contribution is -2.09. The van der Waals surface area contributed by atoms with Crippen LogP contribution in [-0.4, -0.2) is 33.7 Å². The van der Waals surface area contributed by atoms with Gasteiger partial charge in [-0.05, 0) is 30.9 Å². The zero-order valence-corrected chi connectivity index (χ0v) is 13.0. The summed E-state index contributed by atoms with van der Waals surface area (Å²) in [6.07, 6.45) is 1.13. The van der Waals surface area contributed by atoms with Crippen molar-refractivity contribution in [2.24, 2.45) is 11.7 Å². The van der Waals surface area contributed by atoms with Gasteiger partial charge in [-0.1, -0.05) is 30.0 Å². The Morgan fingerprint density at radius 2 is 2.24 bits per heavy atom. The molecule has 21 heavy (non-hydrogen) atoms. The summed E-state index contributed by atoms with van der Waals surface area (Å²) in [5, 5.41) is 9.47. The first-order chi connectivity index (χ1) is 10.3. The molecule has 1 atom stereocenters. The maximum atomic E-state index is 5.82. The largest absolute Gasteiger partial charge is 0.381 e. The summed E-state index contributed by atoms with van der Waals surface area (Å²) in [6.45, 7) is 4.21. The molecule has 0 amide bonds. The van der Waals surface area contributed by atoms with E-state index < -0.39 is 0 Å². The van der Waals surface area contributed by atoms with Gasteiger partial charge >= 0.3 is 0 Å². The summed E-state index contributed by atoms with van der Waals surface area (Å²) in [5.74, 6) is 2.42. The molecule has 6 heteroatoms. The Balaban J connectivity index is 1.87. The predicted octanol–water partition coefficient (Wildman–Crippen LogP) is 2.16. The fraction of sp³-hybridized carbons (Fsp3) is 0.467. The van der Waals surface area contributed by atoms with E-state index in [1.54, 1.807) is 11.8 Å². The zero-order chi connectivity index (χ0) is 14.7. The van der Waals surface area contributed by atoms with E-state index in [9.17, 15) is 0 Å². The number of para-hydroxylation sites is 1. The smallest absolute Gasteiger partial charge is 0.195 e. The summed E-state index contributed by atoms with van der Waals surface area (Å²) in [5.41, 5.74) is 8.11. The molecular weight excluding hydrogens is 284 g/mol. The van der Waals surface area contributed by atoms with Gasteiger partial charge in [-0.3, -0.25) is 4.57 Å². The van der Waals surface area contributed by atoms with Crippen LogP contribution in [0, 0.1) is 12.8 Å². The Morgan fingerprint density at radius 3 is 2.95 bits per heavy atom. The van der Waals surface area contributed by atoms with Crippen LogP contribution in [0.4, 0.5) is 0 Å². The highest BCUT2D eigenvalue weighted by Crippen LogP contribution is 2.27. The average Bonchev–Trinajstić information content (AvgIpc) is 3.14. The molecule has 2 N–H and O–H groups in total. The number of aryl methyl sites for hydroxylation is 1. The highest BCUT2D eigenvalue weighted by molar-refractivity contribution is 7.99. The quantitative estimate of drug-likeness (QED) is 0.858. The number of hydrogen-bond acceptors (Lipinski definition) is 5. The second kappa shape index (κ2) is 6.60. The number of ether oxygens (including phenoxy) is 1. The van der Waals surface area contributed by atoms with Crippen molar-refractivity contribution < 1.29 is 4.74 Å². The second-order valence-electron chi connectivity index (χ2n) is 5.27. The van der Waals surface area contributed by atoms with E-state index in [4.69, 9.17) is 10.5 Å². The summed E-state index contributed by atoms with van der Waals surface area (Å²) >= 11 is 1.74. The van der Waals surface area contributed by atoms with Gasteiger partial charge in [0, 0.05) is 12.4 Å². The number of nitrogens with two attached hydrogens (primary N) is 1. The maximum absolute atomic E-state index is 5.82. The molecule has 1 fully saturated rings.